The Morgan fingerprint density at radius 3 is 1.18 bits per heavy atom. The van der Waals surface area contributed by atoms with Crippen molar-refractivity contribution in [1.29, 1.82) is 0 Å². The van der Waals surface area contributed by atoms with E-state index in [1.165, 1.54) is 128 Å². The minimum Gasteiger partial charge on any atom is -0.462 e. The average molecular weight is 1010 g/mol. The molecule has 2 atom stereocenters. The van der Waals surface area contributed by atoms with Crippen molar-refractivity contribution in [3.8, 4) is 0 Å². The zero-order chi connectivity index (χ0) is 51.7. The molecule has 0 saturated carbocycles. The second kappa shape index (κ2) is 56.2. The van der Waals surface area contributed by atoms with Gasteiger partial charge in [-0.3, -0.25) is 18.6 Å². The molecule has 71 heavy (non-hydrogen) atoms. The Balaban J connectivity index is 4.07. The number of unbranched alkanes of at least 4 members (excludes halogenated alkanes) is 24. The number of phosphoric ester groups is 1. The molecule has 0 aliphatic heterocycles. The van der Waals surface area contributed by atoms with Crippen molar-refractivity contribution in [2.75, 3.05) is 26.4 Å². The Morgan fingerprint density at radius 2 is 0.775 bits per heavy atom. The average Bonchev–Trinajstić information content (AvgIpc) is 3.36. The summed E-state index contributed by atoms with van der Waals surface area (Å²) in [6, 6.07) is 0. The van der Waals surface area contributed by atoms with Crippen LogP contribution >= 0.6 is 7.82 Å². The molecule has 0 aromatic heterocycles. The minimum absolute atomic E-state index is 0.0431. The minimum atomic E-state index is -4.40. The number of allylic oxidation sites excluding steroid dienone is 16. The SMILES string of the molecule is CC/C=C\C/C=C\C/C=C\C/C=C\C/C=C\C/C=C\C/C=C\CCCCCC(=O)OC(COC(=O)CCCCCCCCCCCCCCC/C=C\CCCCCCCCCC)COP(=O)(O)OCCN. The molecule has 0 bridgehead atoms. The maximum atomic E-state index is 12.7. The number of carbonyl (C=O) groups is 2. The first-order valence-electron chi connectivity index (χ1n) is 28.7. The number of nitrogens with two attached hydrogens (primary N) is 1. The second-order valence-electron chi connectivity index (χ2n) is 18.8. The van der Waals surface area contributed by atoms with E-state index in [-0.39, 0.29) is 32.6 Å². The van der Waals surface area contributed by atoms with Crippen molar-refractivity contribution in [2.24, 2.45) is 5.73 Å². The van der Waals surface area contributed by atoms with Gasteiger partial charge >= 0.3 is 19.8 Å². The van der Waals surface area contributed by atoms with Gasteiger partial charge in [-0.2, -0.15) is 0 Å². The highest BCUT2D eigenvalue weighted by Gasteiger charge is 2.26. The van der Waals surface area contributed by atoms with Gasteiger partial charge in [0.1, 0.15) is 6.61 Å². The van der Waals surface area contributed by atoms with Crippen LogP contribution in [-0.4, -0.2) is 49.3 Å². The number of hydrogen-bond acceptors (Lipinski definition) is 8. The lowest BCUT2D eigenvalue weighted by atomic mass is 10.0. The lowest BCUT2D eigenvalue weighted by molar-refractivity contribution is -0.161. The summed E-state index contributed by atoms with van der Waals surface area (Å²) in [6.07, 6.45) is 74.6. The summed E-state index contributed by atoms with van der Waals surface area (Å²) in [5.41, 5.74) is 5.38. The van der Waals surface area contributed by atoms with E-state index in [0.717, 1.165) is 83.5 Å². The Bertz CT molecular complexity index is 1480. The maximum absolute atomic E-state index is 12.7. The van der Waals surface area contributed by atoms with Gasteiger partial charge in [0.05, 0.1) is 13.2 Å². The molecule has 0 fully saturated rings. The highest BCUT2D eigenvalue weighted by Crippen LogP contribution is 2.43. The van der Waals surface area contributed by atoms with Gasteiger partial charge < -0.3 is 20.1 Å². The predicted octanol–water partition coefficient (Wildman–Crippen LogP) is 18.1. The lowest BCUT2D eigenvalue weighted by Crippen LogP contribution is -2.29. The molecule has 0 radical (unpaired) electrons. The molecule has 9 nitrogen and oxygen atoms in total. The Labute approximate surface area is 436 Å². The van der Waals surface area contributed by atoms with Crippen LogP contribution in [0.25, 0.3) is 0 Å². The van der Waals surface area contributed by atoms with Crippen molar-refractivity contribution in [1.82, 2.24) is 0 Å². The van der Waals surface area contributed by atoms with Crippen molar-refractivity contribution >= 4 is 19.8 Å². The zero-order valence-corrected chi connectivity index (χ0v) is 46.3. The third-order valence-corrected chi connectivity index (χ3v) is 12.9. The molecule has 0 saturated heterocycles. The summed E-state index contributed by atoms with van der Waals surface area (Å²) in [7, 11) is -4.40. The molecule has 3 N–H and O–H groups in total. The molecule has 408 valence electrons. The quantitative estimate of drug-likeness (QED) is 0.0264. The van der Waals surface area contributed by atoms with Crippen molar-refractivity contribution in [3.63, 3.8) is 0 Å². The van der Waals surface area contributed by atoms with Gasteiger partial charge in [0.15, 0.2) is 6.10 Å². The normalized spacial score (nSPS) is 13.8. The van der Waals surface area contributed by atoms with Crippen LogP contribution in [0.5, 0.6) is 0 Å². The molecule has 0 amide bonds. The molecule has 0 aliphatic carbocycles. The van der Waals surface area contributed by atoms with E-state index in [9.17, 15) is 19.0 Å². The van der Waals surface area contributed by atoms with Crippen LogP contribution in [0.2, 0.25) is 0 Å². The molecule has 0 aliphatic rings. The molecular weight excluding hydrogens is 906 g/mol. The van der Waals surface area contributed by atoms with Gasteiger partial charge in [0.2, 0.25) is 0 Å². The number of ether oxygens (including phenoxy) is 2. The maximum Gasteiger partial charge on any atom is 0.472 e. The van der Waals surface area contributed by atoms with Crippen LogP contribution in [0.4, 0.5) is 0 Å². The number of rotatable bonds is 53. The van der Waals surface area contributed by atoms with Gasteiger partial charge in [0.25, 0.3) is 0 Å². The van der Waals surface area contributed by atoms with E-state index in [0.29, 0.717) is 6.42 Å². The summed E-state index contributed by atoms with van der Waals surface area (Å²) < 4.78 is 33.0. The van der Waals surface area contributed by atoms with E-state index in [2.05, 4.69) is 111 Å². The summed E-state index contributed by atoms with van der Waals surface area (Å²) in [6.45, 7) is 3.60. The Morgan fingerprint density at radius 1 is 0.437 bits per heavy atom. The Hall–Kier alpha value is -3.07. The lowest BCUT2D eigenvalue weighted by Gasteiger charge is -2.19. The number of phosphoric acid groups is 1. The van der Waals surface area contributed by atoms with Crippen molar-refractivity contribution in [3.05, 3.63) is 97.2 Å². The van der Waals surface area contributed by atoms with Gasteiger partial charge in [-0.05, 0) is 96.3 Å². The molecule has 2 unspecified atom stereocenters. The van der Waals surface area contributed by atoms with Gasteiger partial charge in [-0.1, -0.05) is 233 Å². The first-order chi connectivity index (χ1) is 34.8. The van der Waals surface area contributed by atoms with E-state index in [1.807, 2.05) is 0 Å². The smallest absolute Gasteiger partial charge is 0.462 e. The molecular formula is C61H106NO8P. The number of carbonyl (C=O) groups excluding carboxylic acids is 2. The highest BCUT2D eigenvalue weighted by molar-refractivity contribution is 7.47. The predicted molar refractivity (Wildman–Crippen MR) is 302 cm³/mol. The van der Waals surface area contributed by atoms with Crippen LogP contribution in [0.1, 0.15) is 245 Å². The van der Waals surface area contributed by atoms with Crippen LogP contribution in [0.3, 0.4) is 0 Å². The van der Waals surface area contributed by atoms with Crippen LogP contribution in [0.15, 0.2) is 97.2 Å². The van der Waals surface area contributed by atoms with E-state index < -0.39 is 32.5 Å². The van der Waals surface area contributed by atoms with E-state index >= 15 is 0 Å². The highest BCUT2D eigenvalue weighted by atomic mass is 31.2. The van der Waals surface area contributed by atoms with E-state index in [1.54, 1.807) is 0 Å². The molecule has 0 aromatic rings. The number of esters is 2. The van der Waals surface area contributed by atoms with Crippen LogP contribution in [-0.2, 0) is 32.7 Å². The summed E-state index contributed by atoms with van der Waals surface area (Å²) in [5, 5.41) is 0. The molecule has 0 aromatic carbocycles. The van der Waals surface area contributed by atoms with E-state index in [4.69, 9.17) is 24.3 Å². The second-order valence-corrected chi connectivity index (χ2v) is 20.2. The third-order valence-electron chi connectivity index (χ3n) is 12.0. The summed E-state index contributed by atoms with van der Waals surface area (Å²) >= 11 is 0. The number of hydrogen-bond donors (Lipinski definition) is 2. The first-order valence-corrected chi connectivity index (χ1v) is 30.2. The summed E-state index contributed by atoms with van der Waals surface area (Å²) in [5.74, 6) is -0.867. The Kier molecular flexibility index (Phi) is 53.8. The molecule has 0 heterocycles. The van der Waals surface area contributed by atoms with Gasteiger partial charge in [0, 0.05) is 19.4 Å². The fourth-order valence-electron chi connectivity index (χ4n) is 7.73. The summed E-state index contributed by atoms with van der Waals surface area (Å²) in [4.78, 5) is 35.2. The monoisotopic (exact) mass is 1010 g/mol. The van der Waals surface area contributed by atoms with Crippen LogP contribution < -0.4 is 5.73 Å². The van der Waals surface area contributed by atoms with Crippen molar-refractivity contribution < 1.29 is 37.6 Å². The van der Waals surface area contributed by atoms with Gasteiger partial charge in [-0.15, -0.1) is 0 Å². The van der Waals surface area contributed by atoms with Gasteiger partial charge in [-0.25, -0.2) is 4.57 Å². The topological polar surface area (TPSA) is 134 Å². The van der Waals surface area contributed by atoms with Crippen LogP contribution in [0, 0.1) is 0 Å². The standard InChI is InChI=1S/C61H106NO8P/c1-3-5-7-9-11-13-15-17-19-21-23-25-27-29-31-33-35-37-39-41-43-45-47-49-51-53-60(63)67-57-59(58-69-71(65,66)68-56-55-62)70-61(64)54-52-50-48-46-44-42-40-38-36-34-32-30-28-26-24-22-20-18-16-14-12-10-8-6-4-2/h6,8,12,14,18,20-21,23-24,26,30,32,36,38,42,44,59H,3-5,7,9-11,13,15-17,19,22,25,27-29,31,33-35,37,39-41,43,45-58,62H2,1-2H3,(H,65,66)/b8-6-,14-12-,20-18-,23-21-,26-24-,32-30-,38-36-,44-42-. The zero-order valence-electron chi connectivity index (χ0n) is 45.4. The molecule has 0 spiro atoms. The first kappa shape index (κ1) is 67.9. The third kappa shape index (κ3) is 56.1. The van der Waals surface area contributed by atoms with Crippen molar-refractivity contribution in [2.45, 2.75) is 251 Å². The fourth-order valence-corrected chi connectivity index (χ4v) is 8.49. The fraction of sp³-hybridized carbons (Fsp3) is 0.705. The molecule has 10 heteroatoms. The largest absolute Gasteiger partial charge is 0.472 e. The molecule has 0 rings (SSSR count).